The fraction of sp³-hybridized carbons (Fsp3) is 0.0909. The lowest BCUT2D eigenvalue weighted by molar-refractivity contribution is 0.663. The SMILES string of the molecule is C=C1/C(=C\C)c2c(-c3ccc(N(c4ccccc4)c4ccc(-c5ccccc5)cc4-c4ccccc4)cc3)cccc2C1(C)C. The quantitative estimate of drug-likeness (QED) is 0.190. The molecule has 6 aromatic carbocycles. The topological polar surface area (TPSA) is 3.24 Å². The molecule has 7 rings (SSSR count). The van der Waals surface area contributed by atoms with Gasteiger partial charge in [0.25, 0.3) is 0 Å². The zero-order valence-corrected chi connectivity index (χ0v) is 26.2. The minimum atomic E-state index is -0.0863. The molecule has 218 valence electrons. The highest BCUT2D eigenvalue weighted by atomic mass is 15.1. The van der Waals surface area contributed by atoms with E-state index in [1.54, 1.807) is 0 Å². The molecule has 0 aromatic heterocycles. The first kappa shape index (κ1) is 28.4. The monoisotopic (exact) mass is 579 g/mol. The Morgan fingerprint density at radius 2 is 1.09 bits per heavy atom. The van der Waals surface area contributed by atoms with E-state index in [0.717, 1.165) is 17.1 Å². The van der Waals surface area contributed by atoms with Gasteiger partial charge in [0.2, 0.25) is 0 Å². The lowest BCUT2D eigenvalue weighted by Gasteiger charge is -2.28. The number of rotatable bonds is 6. The van der Waals surface area contributed by atoms with Crippen LogP contribution >= 0.6 is 0 Å². The van der Waals surface area contributed by atoms with Crippen molar-refractivity contribution >= 4 is 22.6 Å². The van der Waals surface area contributed by atoms with E-state index in [-0.39, 0.29) is 5.41 Å². The molecule has 0 amide bonds. The molecule has 0 radical (unpaired) electrons. The van der Waals surface area contributed by atoms with Crippen molar-refractivity contribution in [1.82, 2.24) is 0 Å². The van der Waals surface area contributed by atoms with Crippen LogP contribution in [0.4, 0.5) is 17.1 Å². The summed E-state index contributed by atoms with van der Waals surface area (Å²) in [5.74, 6) is 0. The maximum Gasteiger partial charge on any atom is 0.0540 e. The Balaban J connectivity index is 1.38. The van der Waals surface area contributed by atoms with Crippen molar-refractivity contribution in [3.63, 3.8) is 0 Å². The summed E-state index contributed by atoms with van der Waals surface area (Å²) in [6.07, 6.45) is 2.22. The van der Waals surface area contributed by atoms with E-state index >= 15 is 0 Å². The third-order valence-electron chi connectivity index (χ3n) is 9.26. The van der Waals surface area contributed by atoms with Gasteiger partial charge in [0.15, 0.2) is 0 Å². The Bertz CT molecular complexity index is 2020. The number of hydrogen-bond donors (Lipinski definition) is 0. The fourth-order valence-electron chi connectivity index (χ4n) is 6.76. The summed E-state index contributed by atoms with van der Waals surface area (Å²) in [6.45, 7) is 11.2. The summed E-state index contributed by atoms with van der Waals surface area (Å²) in [5.41, 5.74) is 15.6. The number of para-hydroxylation sites is 1. The summed E-state index contributed by atoms with van der Waals surface area (Å²) in [4.78, 5) is 2.37. The Labute approximate surface area is 267 Å². The molecular weight excluding hydrogens is 542 g/mol. The van der Waals surface area contributed by atoms with Gasteiger partial charge >= 0.3 is 0 Å². The Morgan fingerprint density at radius 3 is 1.73 bits per heavy atom. The molecule has 0 unspecified atom stereocenters. The minimum Gasteiger partial charge on any atom is -0.310 e. The smallest absolute Gasteiger partial charge is 0.0540 e. The van der Waals surface area contributed by atoms with Crippen LogP contribution in [0.2, 0.25) is 0 Å². The average molecular weight is 580 g/mol. The van der Waals surface area contributed by atoms with Crippen molar-refractivity contribution in [3.8, 4) is 33.4 Å². The van der Waals surface area contributed by atoms with Gasteiger partial charge in [-0.1, -0.05) is 142 Å². The Hall–Kier alpha value is -5.40. The van der Waals surface area contributed by atoms with Gasteiger partial charge in [-0.25, -0.2) is 0 Å². The van der Waals surface area contributed by atoms with Crippen LogP contribution < -0.4 is 4.90 Å². The summed E-state index contributed by atoms with van der Waals surface area (Å²) in [6, 6.07) is 54.5. The van der Waals surface area contributed by atoms with E-state index in [4.69, 9.17) is 0 Å². The van der Waals surface area contributed by atoms with Gasteiger partial charge in [0.05, 0.1) is 5.69 Å². The molecule has 0 saturated carbocycles. The number of hydrogen-bond acceptors (Lipinski definition) is 1. The van der Waals surface area contributed by atoms with E-state index in [1.807, 2.05) is 0 Å². The molecule has 1 heteroatoms. The summed E-state index contributed by atoms with van der Waals surface area (Å²) < 4.78 is 0. The largest absolute Gasteiger partial charge is 0.310 e. The van der Waals surface area contributed by atoms with E-state index in [2.05, 4.69) is 190 Å². The minimum absolute atomic E-state index is 0.0863. The van der Waals surface area contributed by atoms with Crippen LogP contribution in [0.5, 0.6) is 0 Å². The first-order valence-corrected chi connectivity index (χ1v) is 15.7. The maximum absolute atomic E-state index is 4.50. The van der Waals surface area contributed by atoms with Crippen molar-refractivity contribution < 1.29 is 0 Å². The van der Waals surface area contributed by atoms with Gasteiger partial charge in [-0.3, -0.25) is 0 Å². The molecule has 0 atom stereocenters. The Morgan fingerprint density at radius 1 is 0.533 bits per heavy atom. The molecule has 0 heterocycles. The van der Waals surface area contributed by atoms with Crippen LogP contribution in [-0.4, -0.2) is 0 Å². The van der Waals surface area contributed by atoms with Crippen LogP contribution in [0, 0.1) is 0 Å². The highest BCUT2D eigenvalue weighted by Crippen LogP contribution is 2.52. The van der Waals surface area contributed by atoms with E-state index < -0.39 is 0 Å². The average Bonchev–Trinajstić information content (AvgIpc) is 3.30. The number of benzene rings is 6. The summed E-state index contributed by atoms with van der Waals surface area (Å²) in [5, 5.41) is 0. The molecule has 0 spiro atoms. The predicted molar refractivity (Wildman–Crippen MR) is 193 cm³/mol. The van der Waals surface area contributed by atoms with Crippen molar-refractivity contribution in [2.24, 2.45) is 0 Å². The first-order chi connectivity index (χ1) is 22.0. The zero-order valence-electron chi connectivity index (χ0n) is 26.2. The van der Waals surface area contributed by atoms with Gasteiger partial charge in [-0.15, -0.1) is 0 Å². The van der Waals surface area contributed by atoms with Crippen LogP contribution in [0.3, 0.4) is 0 Å². The van der Waals surface area contributed by atoms with Crippen molar-refractivity contribution in [1.29, 1.82) is 0 Å². The van der Waals surface area contributed by atoms with Gasteiger partial charge in [0, 0.05) is 22.4 Å². The molecule has 0 aliphatic heterocycles. The van der Waals surface area contributed by atoms with E-state index in [0.29, 0.717) is 0 Å². The van der Waals surface area contributed by atoms with Gasteiger partial charge in [0.1, 0.15) is 0 Å². The molecule has 1 aliphatic rings. The molecule has 0 saturated heterocycles. The van der Waals surface area contributed by atoms with Gasteiger partial charge in [-0.05, 0) is 93.4 Å². The number of anilines is 3. The standard InChI is InChI=1S/C44H37N/c1-5-38-31(2)44(3,4)41-23-15-22-39(43(38)41)34-24-27-37(28-25-34)45(36-20-13-8-14-21-36)42-29-26-35(32-16-9-6-10-17-32)30-40(42)33-18-11-7-12-19-33/h5-30H,2H2,1,3-4H3/b38-5+. The molecule has 45 heavy (non-hydrogen) atoms. The lowest BCUT2D eigenvalue weighted by atomic mass is 9.83. The third kappa shape index (κ3) is 5.01. The van der Waals surface area contributed by atoms with Crippen LogP contribution in [-0.2, 0) is 5.41 Å². The van der Waals surface area contributed by atoms with E-state index in [9.17, 15) is 0 Å². The van der Waals surface area contributed by atoms with Crippen molar-refractivity contribution in [2.75, 3.05) is 4.90 Å². The highest BCUT2D eigenvalue weighted by Gasteiger charge is 2.37. The molecule has 1 nitrogen and oxygen atoms in total. The van der Waals surface area contributed by atoms with Crippen LogP contribution in [0.25, 0.3) is 39.0 Å². The molecule has 0 N–H and O–H groups in total. The molecule has 6 aromatic rings. The number of allylic oxidation sites excluding steroid dienone is 3. The zero-order chi connectivity index (χ0) is 31.0. The second kappa shape index (κ2) is 11.6. The first-order valence-electron chi connectivity index (χ1n) is 15.7. The Kier molecular flexibility index (Phi) is 7.31. The number of fused-ring (bicyclic) bond motifs is 1. The molecule has 1 aliphatic carbocycles. The molecule has 0 fully saturated rings. The van der Waals surface area contributed by atoms with Gasteiger partial charge < -0.3 is 4.90 Å². The van der Waals surface area contributed by atoms with Crippen molar-refractivity contribution in [3.05, 3.63) is 181 Å². The third-order valence-corrected chi connectivity index (χ3v) is 9.26. The lowest BCUT2D eigenvalue weighted by Crippen LogP contribution is -2.14. The van der Waals surface area contributed by atoms with Crippen LogP contribution in [0.15, 0.2) is 170 Å². The predicted octanol–water partition coefficient (Wildman–Crippen LogP) is 12.4. The normalized spacial score (nSPS) is 14.4. The molecular formula is C44H37N. The summed E-state index contributed by atoms with van der Waals surface area (Å²) >= 11 is 0. The van der Waals surface area contributed by atoms with E-state index in [1.165, 1.54) is 55.7 Å². The summed E-state index contributed by atoms with van der Waals surface area (Å²) in [7, 11) is 0. The second-order valence-electron chi connectivity index (χ2n) is 12.2. The fourth-order valence-corrected chi connectivity index (χ4v) is 6.76. The number of nitrogens with zero attached hydrogens (tertiary/aromatic N) is 1. The van der Waals surface area contributed by atoms with Gasteiger partial charge in [-0.2, -0.15) is 0 Å². The maximum atomic E-state index is 4.50. The van der Waals surface area contributed by atoms with Crippen molar-refractivity contribution in [2.45, 2.75) is 26.2 Å². The van der Waals surface area contributed by atoms with Crippen LogP contribution in [0.1, 0.15) is 31.9 Å². The molecule has 0 bridgehead atoms. The second-order valence-corrected chi connectivity index (χ2v) is 12.2. The highest BCUT2D eigenvalue weighted by molar-refractivity contribution is 5.97.